The number of hydrogen-bond donors (Lipinski definition) is 0. The lowest BCUT2D eigenvalue weighted by Gasteiger charge is -2.48. The molecular weight excluding hydrogens is 340 g/mol. The van der Waals surface area contributed by atoms with Crippen LogP contribution in [0.5, 0.6) is 0 Å². The van der Waals surface area contributed by atoms with Gasteiger partial charge in [-0.25, -0.2) is 4.79 Å². The molecule has 0 N–H and O–H groups in total. The Bertz CT molecular complexity index is 634. The highest BCUT2D eigenvalue weighted by molar-refractivity contribution is 5.77. The van der Waals surface area contributed by atoms with Gasteiger partial charge in [0.25, 0.3) is 0 Å². The molecule has 148 valence electrons. The number of amides is 2. The van der Waals surface area contributed by atoms with Crippen molar-refractivity contribution in [2.45, 2.75) is 51.9 Å². The third kappa shape index (κ3) is 5.24. The van der Waals surface area contributed by atoms with Gasteiger partial charge in [-0.1, -0.05) is 43.7 Å². The average molecular weight is 373 g/mol. The lowest BCUT2D eigenvalue weighted by atomic mass is 9.73. The van der Waals surface area contributed by atoms with Gasteiger partial charge >= 0.3 is 6.09 Å². The maximum absolute atomic E-state index is 12.5. The van der Waals surface area contributed by atoms with Crippen molar-refractivity contribution < 1.29 is 14.3 Å². The van der Waals surface area contributed by atoms with Gasteiger partial charge in [0.1, 0.15) is 0 Å². The maximum atomic E-state index is 12.5. The molecule has 0 radical (unpaired) electrons. The fourth-order valence-corrected chi connectivity index (χ4v) is 4.31. The molecule has 5 nitrogen and oxygen atoms in total. The third-order valence-corrected chi connectivity index (χ3v) is 5.90. The zero-order valence-electron chi connectivity index (χ0n) is 16.5. The van der Waals surface area contributed by atoms with E-state index in [0.717, 1.165) is 58.2 Å². The normalized spacial score (nSPS) is 22.9. The summed E-state index contributed by atoms with van der Waals surface area (Å²) in [6, 6.07) is 10.3. The van der Waals surface area contributed by atoms with Crippen LogP contribution in [0.1, 0.15) is 51.0 Å². The van der Waals surface area contributed by atoms with Gasteiger partial charge in [0.2, 0.25) is 5.91 Å². The maximum Gasteiger partial charge on any atom is 0.409 e. The second-order valence-electron chi connectivity index (χ2n) is 8.04. The molecule has 0 aliphatic carbocycles. The summed E-state index contributed by atoms with van der Waals surface area (Å²) in [5, 5.41) is 0. The second-order valence-corrected chi connectivity index (χ2v) is 8.04. The molecule has 0 saturated carbocycles. The van der Waals surface area contributed by atoms with Crippen LogP contribution in [-0.2, 0) is 16.0 Å². The van der Waals surface area contributed by atoms with Crippen LogP contribution in [0, 0.1) is 5.41 Å². The lowest BCUT2D eigenvalue weighted by Crippen LogP contribution is -2.55. The molecule has 27 heavy (non-hydrogen) atoms. The monoisotopic (exact) mass is 372 g/mol. The number of carbonyl (C=O) groups excluding carboxylic acids is 2. The summed E-state index contributed by atoms with van der Waals surface area (Å²) in [5.41, 5.74) is 1.29. The van der Waals surface area contributed by atoms with E-state index < -0.39 is 0 Å². The van der Waals surface area contributed by atoms with E-state index in [1.165, 1.54) is 5.56 Å². The van der Waals surface area contributed by atoms with Gasteiger partial charge in [-0.3, -0.25) is 4.79 Å². The molecule has 2 aliphatic rings. The standard InChI is InChI=1S/C22H32N2O3/c1-2-3-16-27-21(26)24-14-7-12-22(18-24)13-10-20(25)23(17-22)15-11-19-8-5-4-6-9-19/h4-6,8-9H,2-3,7,10-18H2,1H3. The summed E-state index contributed by atoms with van der Waals surface area (Å²) in [7, 11) is 0. The highest BCUT2D eigenvalue weighted by atomic mass is 16.6. The smallest absolute Gasteiger partial charge is 0.409 e. The number of carbonyl (C=O) groups is 2. The molecule has 2 heterocycles. The van der Waals surface area contributed by atoms with Gasteiger partial charge in [-0.2, -0.15) is 0 Å². The van der Waals surface area contributed by atoms with Crippen LogP contribution in [0.2, 0.25) is 0 Å². The van der Waals surface area contributed by atoms with Crippen molar-refractivity contribution in [1.82, 2.24) is 9.80 Å². The van der Waals surface area contributed by atoms with Crippen molar-refractivity contribution in [3.05, 3.63) is 35.9 Å². The number of hydrogen-bond acceptors (Lipinski definition) is 3. The minimum Gasteiger partial charge on any atom is -0.449 e. The molecular formula is C22H32N2O3. The van der Waals surface area contributed by atoms with Crippen molar-refractivity contribution in [1.29, 1.82) is 0 Å². The van der Waals surface area contributed by atoms with Crippen LogP contribution >= 0.6 is 0 Å². The van der Waals surface area contributed by atoms with Crippen LogP contribution in [0.4, 0.5) is 4.79 Å². The van der Waals surface area contributed by atoms with E-state index in [9.17, 15) is 9.59 Å². The Balaban J connectivity index is 1.57. The fraction of sp³-hybridized carbons (Fsp3) is 0.636. The SMILES string of the molecule is CCCCOC(=O)N1CCCC2(CCC(=O)N(CCc3ccccc3)C2)C1. The van der Waals surface area contributed by atoms with Gasteiger partial charge in [-0.15, -0.1) is 0 Å². The van der Waals surface area contributed by atoms with Crippen LogP contribution < -0.4 is 0 Å². The van der Waals surface area contributed by atoms with Gasteiger partial charge in [0, 0.05) is 38.0 Å². The molecule has 2 saturated heterocycles. The van der Waals surface area contributed by atoms with Crippen LogP contribution in [0.25, 0.3) is 0 Å². The third-order valence-electron chi connectivity index (χ3n) is 5.90. The van der Waals surface area contributed by atoms with Gasteiger partial charge in [0.05, 0.1) is 6.61 Å². The predicted molar refractivity (Wildman–Crippen MR) is 105 cm³/mol. The number of piperidine rings is 2. The first-order chi connectivity index (χ1) is 13.1. The fourth-order valence-electron chi connectivity index (χ4n) is 4.31. The van der Waals surface area contributed by atoms with Crippen molar-refractivity contribution in [2.24, 2.45) is 5.41 Å². The highest BCUT2D eigenvalue weighted by Crippen LogP contribution is 2.39. The Morgan fingerprint density at radius 1 is 1.19 bits per heavy atom. The number of nitrogens with zero attached hydrogens (tertiary/aromatic N) is 2. The first kappa shape index (κ1) is 19.7. The first-order valence-electron chi connectivity index (χ1n) is 10.4. The summed E-state index contributed by atoms with van der Waals surface area (Å²) >= 11 is 0. The Morgan fingerprint density at radius 3 is 2.78 bits per heavy atom. The minimum absolute atomic E-state index is 0.0343. The Labute approximate surface area is 162 Å². The van der Waals surface area contributed by atoms with Gasteiger partial charge < -0.3 is 14.5 Å². The molecule has 2 amide bonds. The quantitative estimate of drug-likeness (QED) is 0.712. The van der Waals surface area contributed by atoms with Crippen LogP contribution in [-0.4, -0.2) is 54.6 Å². The van der Waals surface area contributed by atoms with Crippen molar-refractivity contribution in [3.63, 3.8) is 0 Å². The van der Waals surface area contributed by atoms with Crippen LogP contribution in [0.15, 0.2) is 30.3 Å². The largest absolute Gasteiger partial charge is 0.449 e. The number of rotatable bonds is 6. The topological polar surface area (TPSA) is 49.9 Å². The molecule has 1 aromatic rings. The summed E-state index contributed by atoms with van der Waals surface area (Å²) in [6.45, 7) is 5.59. The lowest BCUT2D eigenvalue weighted by molar-refractivity contribution is -0.139. The highest BCUT2D eigenvalue weighted by Gasteiger charge is 2.42. The number of likely N-dealkylation sites (tertiary alicyclic amines) is 2. The summed E-state index contributed by atoms with van der Waals surface area (Å²) < 4.78 is 5.42. The van der Waals surface area contributed by atoms with E-state index in [1.54, 1.807) is 0 Å². The molecule has 1 aromatic carbocycles. The van der Waals surface area contributed by atoms with E-state index in [0.29, 0.717) is 19.6 Å². The summed E-state index contributed by atoms with van der Waals surface area (Å²) in [6.07, 6.45) is 6.17. The molecule has 2 fully saturated rings. The van der Waals surface area contributed by atoms with Crippen molar-refractivity contribution >= 4 is 12.0 Å². The predicted octanol–water partition coefficient (Wildman–Crippen LogP) is 3.87. The molecule has 0 bridgehead atoms. The molecule has 1 spiro atoms. The Hall–Kier alpha value is -2.04. The number of benzene rings is 1. The Kier molecular flexibility index (Phi) is 6.75. The van der Waals surface area contributed by atoms with Gasteiger partial charge in [0.15, 0.2) is 0 Å². The molecule has 5 heteroatoms. The zero-order chi connectivity index (χ0) is 19.1. The molecule has 0 aromatic heterocycles. The van der Waals surface area contributed by atoms with E-state index in [4.69, 9.17) is 4.74 Å². The van der Waals surface area contributed by atoms with E-state index in [1.807, 2.05) is 28.0 Å². The summed E-state index contributed by atoms with van der Waals surface area (Å²) in [5.74, 6) is 0.249. The van der Waals surface area contributed by atoms with Crippen molar-refractivity contribution in [2.75, 3.05) is 32.8 Å². The summed E-state index contributed by atoms with van der Waals surface area (Å²) in [4.78, 5) is 28.7. The second kappa shape index (κ2) is 9.25. The van der Waals surface area contributed by atoms with E-state index in [2.05, 4.69) is 19.1 Å². The van der Waals surface area contributed by atoms with Crippen LogP contribution in [0.3, 0.4) is 0 Å². The molecule has 1 unspecified atom stereocenters. The molecule has 1 atom stereocenters. The molecule has 3 rings (SSSR count). The minimum atomic E-state index is -0.185. The van der Waals surface area contributed by atoms with E-state index >= 15 is 0 Å². The number of ether oxygens (including phenoxy) is 1. The van der Waals surface area contributed by atoms with Gasteiger partial charge in [-0.05, 0) is 37.7 Å². The average Bonchev–Trinajstić information content (AvgIpc) is 2.70. The zero-order valence-corrected chi connectivity index (χ0v) is 16.5. The molecule has 2 aliphatic heterocycles. The first-order valence-corrected chi connectivity index (χ1v) is 10.4. The Morgan fingerprint density at radius 2 is 2.00 bits per heavy atom. The van der Waals surface area contributed by atoms with Crippen molar-refractivity contribution in [3.8, 4) is 0 Å². The number of unbranched alkanes of at least 4 members (excludes halogenated alkanes) is 1. The van der Waals surface area contributed by atoms with E-state index in [-0.39, 0.29) is 17.4 Å².